The smallest absolute Gasteiger partial charge is 0.317 e. The van der Waals surface area contributed by atoms with E-state index in [1.165, 1.54) is 6.92 Å². The van der Waals surface area contributed by atoms with E-state index in [9.17, 15) is 9.90 Å². The zero-order valence-electron chi connectivity index (χ0n) is 14.0. The molecular weight excluding hydrogens is 320 g/mol. The van der Waals surface area contributed by atoms with Gasteiger partial charge in [-0.2, -0.15) is 4.89 Å². The highest BCUT2D eigenvalue weighted by atomic mass is 17.2. The van der Waals surface area contributed by atoms with Crippen molar-refractivity contribution in [2.75, 3.05) is 6.61 Å². The van der Waals surface area contributed by atoms with Crippen LogP contribution < -0.4 is 0 Å². The molecule has 2 aromatic rings. The summed E-state index contributed by atoms with van der Waals surface area (Å²) in [6.07, 6.45) is 0.615. The lowest BCUT2D eigenvalue weighted by Gasteiger charge is -2.50. The SMILES string of the molecule is CC1(O)OOC(c2ccccc2)(c2ccccc2)CC12CCOC2=O. The van der Waals surface area contributed by atoms with E-state index in [4.69, 9.17) is 14.5 Å². The van der Waals surface area contributed by atoms with Crippen LogP contribution in [-0.2, 0) is 24.9 Å². The first kappa shape index (κ1) is 16.3. The van der Waals surface area contributed by atoms with Crippen molar-refractivity contribution < 1.29 is 24.4 Å². The largest absolute Gasteiger partial charge is 0.465 e. The summed E-state index contributed by atoms with van der Waals surface area (Å²) in [6.45, 7) is 1.72. The maximum absolute atomic E-state index is 12.6. The standard InChI is InChI=1S/C20H20O5/c1-18(22)19(12-13-23-17(19)21)14-20(25-24-18,15-8-4-2-5-9-15)16-10-6-3-7-11-16/h2-11,22H,12-14H2,1H3. The van der Waals surface area contributed by atoms with E-state index in [0.29, 0.717) is 6.42 Å². The number of carbonyl (C=O) groups is 1. The maximum atomic E-state index is 12.6. The number of cyclic esters (lactones) is 1. The third-order valence-electron chi connectivity index (χ3n) is 5.42. The van der Waals surface area contributed by atoms with E-state index in [1.54, 1.807) is 0 Å². The Labute approximate surface area is 146 Å². The molecule has 2 heterocycles. The van der Waals surface area contributed by atoms with E-state index < -0.39 is 22.8 Å². The van der Waals surface area contributed by atoms with Crippen molar-refractivity contribution in [1.82, 2.24) is 0 Å². The molecule has 2 aliphatic heterocycles. The second-order valence-corrected chi connectivity index (χ2v) is 6.85. The van der Waals surface area contributed by atoms with Crippen LogP contribution >= 0.6 is 0 Å². The fraction of sp³-hybridized carbons (Fsp3) is 0.350. The summed E-state index contributed by atoms with van der Waals surface area (Å²) in [4.78, 5) is 23.9. The fourth-order valence-electron chi connectivity index (χ4n) is 3.87. The van der Waals surface area contributed by atoms with Gasteiger partial charge in [0.15, 0.2) is 5.60 Å². The average molecular weight is 340 g/mol. The predicted octanol–water partition coefficient (Wildman–Crippen LogP) is 2.92. The molecule has 2 unspecified atom stereocenters. The molecule has 0 radical (unpaired) electrons. The first-order chi connectivity index (χ1) is 12.0. The van der Waals surface area contributed by atoms with Crippen LogP contribution in [0.2, 0.25) is 0 Å². The summed E-state index contributed by atoms with van der Waals surface area (Å²) >= 11 is 0. The molecule has 1 spiro atoms. The number of aliphatic hydroxyl groups is 1. The highest BCUT2D eigenvalue weighted by Gasteiger charge is 2.66. The Morgan fingerprint density at radius 1 is 0.920 bits per heavy atom. The number of hydrogen-bond donors (Lipinski definition) is 1. The molecule has 130 valence electrons. The predicted molar refractivity (Wildman–Crippen MR) is 89.1 cm³/mol. The summed E-state index contributed by atoms with van der Waals surface area (Å²) in [7, 11) is 0. The number of esters is 1. The van der Waals surface area contributed by atoms with Crippen LogP contribution in [0.4, 0.5) is 0 Å². The second kappa shape index (κ2) is 5.66. The van der Waals surface area contributed by atoms with Crippen molar-refractivity contribution in [1.29, 1.82) is 0 Å². The zero-order valence-corrected chi connectivity index (χ0v) is 14.0. The van der Waals surface area contributed by atoms with E-state index in [2.05, 4.69) is 0 Å². The van der Waals surface area contributed by atoms with Gasteiger partial charge in [0.1, 0.15) is 5.41 Å². The molecule has 4 rings (SSSR count). The van der Waals surface area contributed by atoms with Crippen LogP contribution in [0.25, 0.3) is 0 Å². The molecule has 2 atom stereocenters. The number of carbonyl (C=O) groups excluding carboxylic acids is 1. The summed E-state index contributed by atoms with van der Waals surface area (Å²) in [5.74, 6) is -2.20. The normalized spacial score (nSPS) is 31.0. The van der Waals surface area contributed by atoms with Crippen molar-refractivity contribution in [2.45, 2.75) is 31.2 Å². The molecule has 0 aliphatic carbocycles. The van der Waals surface area contributed by atoms with Crippen molar-refractivity contribution in [3.63, 3.8) is 0 Å². The Hall–Kier alpha value is -2.21. The number of rotatable bonds is 2. The number of benzene rings is 2. The Balaban J connectivity index is 1.90. The Morgan fingerprint density at radius 3 is 1.96 bits per heavy atom. The fourth-order valence-corrected chi connectivity index (χ4v) is 3.87. The third kappa shape index (κ3) is 2.31. The summed E-state index contributed by atoms with van der Waals surface area (Å²) in [6, 6.07) is 19.2. The topological polar surface area (TPSA) is 65.0 Å². The molecule has 0 aromatic heterocycles. The van der Waals surface area contributed by atoms with E-state index >= 15 is 0 Å². The Morgan fingerprint density at radius 2 is 1.48 bits per heavy atom. The van der Waals surface area contributed by atoms with E-state index in [0.717, 1.165) is 11.1 Å². The van der Waals surface area contributed by atoms with Crippen LogP contribution in [0.15, 0.2) is 60.7 Å². The van der Waals surface area contributed by atoms with Gasteiger partial charge in [0.05, 0.1) is 6.61 Å². The van der Waals surface area contributed by atoms with Gasteiger partial charge in [0.2, 0.25) is 5.79 Å². The van der Waals surface area contributed by atoms with Gasteiger partial charge >= 0.3 is 5.97 Å². The van der Waals surface area contributed by atoms with Gasteiger partial charge in [0, 0.05) is 12.8 Å². The molecule has 0 saturated carbocycles. The molecule has 0 bridgehead atoms. The molecule has 25 heavy (non-hydrogen) atoms. The summed E-state index contributed by atoms with van der Waals surface area (Å²) in [5.41, 5.74) is -0.475. The van der Waals surface area contributed by atoms with Crippen molar-refractivity contribution >= 4 is 5.97 Å². The molecule has 2 fully saturated rings. The van der Waals surface area contributed by atoms with Gasteiger partial charge in [-0.3, -0.25) is 4.79 Å². The molecule has 1 N–H and O–H groups in total. The van der Waals surface area contributed by atoms with Gasteiger partial charge in [0.25, 0.3) is 0 Å². The minimum absolute atomic E-state index is 0.236. The second-order valence-electron chi connectivity index (χ2n) is 6.85. The molecule has 2 saturated heterocycles. The third-order valence-corrected chi connectivity index (χ3v) is 5.42. The monoisotopic (exact) mass is 340 g/mol. The van der Waals surface area contributed by atoms with Gasteiger partial charge < -0.3 is 9.84 Å². The summed E-state index contributed by atoms with van der Waals surface area (Å²) in [5, 5.41) is 10.8. The van der Waals surface area contributed by atoms with Crippen LogP contribution in [0, 0.1) is 5.41 Å². The Kier molecular flexibility index (Phi) is 3.68. The first-order valence-electron chi connectivity index (χ1n) is 8.38. The van der Waals surface area contributed by atoms with Gasteiger partial charge in [-0.25, -0.2) is 4.89 Å². The molecule has 5 heteroatoms. The first-order valence-corrected chi connectivity index (χ1v) is 8.38. The summed E-state index contributed by atoms with van der Waals surface area (Å²) < 4.78 is 5.21. The van der Waals surface area contributed by atoms with Crippen molar-refractivity contribution in [3.8, 4) is 0 Å². The lowest BCUT2D eigenvalue weighted by Crippen LogP contribution is -2.60. The van der Waals surface area contributed by atoms with Gasteiger partial charge in [-0.05, 0) is 18.1 Å². The molecular formula is C20H20O5. The highest BCUT2D eigenvalue weighted by Crippen LogP contribution is 2.56. The molecule has 0 amide bonds. The maximum Gasteiger partial charge on any atom is 0.317 e. The minimum Gasteiger partial charge on any atom is -0.465 e. The van der Waals surface area contributed by atoms with Crippen LogP contribution in [-0.4, -0.2) is 23.5 Å². The molecule has 5 nitrogen and oxygen atoms in total. The van der Waals surface area contributed by atoms with Crippen LogP contribution in [0.5, 0.6) is 0 Å². The Bertz CT molecular complexity index is 732. The number of hydrogen-bond acceptors (Lipinski definition) is 5. The molecule has 2 aromatic carbocycles. The van der Waals surface area contributed by atoms with Crippen molar-refractivity contribution in [3.05, 3.63) is 71.8 Å². The molecule has 2 aliphatic rings. The average Bonchev–Trinajstić information content (AvgIpc) is 3.01. The van der Waals surface area contributed by atoms with E-state index in [-0.39, 0.29) is 13.0 Å². The lowest BCUT2D eigenvalue weighted by molar-refractivity contribution is -0.504. The van der Waals surface area contributed by atoms with Gasteiger partial charge in [-0.1, -0.05) is 60.7 Å². The lowest BCUT2D eigenvalue weighted by atomic mass is 9.66. The van der Waals surface area contributed by atoms with Gasteiger partial charge in [-0.15, -0.1) is 0 Å². The van der Waals surface area contributed by atoms with Crippen LogP contribution in [0.3, 0.4) is 0 Å². The van der Waals surface area contributed by atoms with Crippen molar-refractivity contribution in [2.24, 2.45) is 5.41 Å². The zero-order chi connectivity index (χ0) is 17.5. The van der Waals surface area contributed by atoms with Crippen LogP contribution in [0.1, 0.15) is 30.9 Å². The highest BCUT2D eigenvalue weighted by molar-refractivity contribution is 5.80. The number of ether oxygens (including phenoxy) is 1. The minimum atomic E-state index is -1.76. The van der Waals surface area contributed by atoms with E-state index in [1.807, 2.05) is 60.7 Å². The quantitative estimate of drug-likeness (QED) is 0.673.